The molecule has 0 aromatic heterocycles. The number of carbonyl (C=O) groups excluding carboxylic acids is 1. The summed E-state index contributed by atoms with van der Waals surface area (Å²) >= 11 is 5.96. The molecule has 1 aliphatic heterocycles. The van der Waals surface area contributed by atoms with Gasteiger partial charge < -0.3 is 11.1 Å². The predicted octanol–water partition coefficient (Wildman–Crippen LogP) is 1.91. The van der Waals surface area contributed by atoms with E-state index < -0.39 is 15.8 Å². The van der Waals surface area contributed by atoms with Crippen LogP contribution in [0.25, 0.3) is 0 Å². The summed E-state index contributed by atoms with van der Waals surface area (Å²) in [6.45, 7) is 0.745. The Balaban J connectivity index is 0.00000312. The lowest BCUT2D eigenvalue weighted by Crippen LogP contribution is -2.49. The summed E-state index contributed by atoms with van der Waals surface area (Å²) in [4.78, 5) is 11.3. The van der Waals surface area contributed by atoms with E-state index in [4.69, 9.17) is 17.3 Å². The first kappa shape index (κ1) is 22.1. The molecule has 0 spiro atoms. The zero-order valence-electron chi connectivity index (χ0n) is 13.6. The summed E-state index contributed by atoms with van der Waals surface area (Å²) in [6, 6.07) is 2.88. The summed E-state index contributed by atoms with van der Waals surface area (Å²) in [7, 11) is -3.94. The highest BCUT2D eigenvalue weighted by molar-refractivity contribution is 7.89. The maximum Gasteiger partial charge on any atom is 0.244 e. The number of sulfonamides is 1. The lowest BCUT2D eigenvalue weighted by atomic mass is 10.1. The van der Waals surface area contributed by atoms with Gasteiger partial charge in [-0.05, 0) is 31.0 Å². The number of nitrogens with zero attached hydrogens (tertiary/aromatic N) is 1. The number of halogens is 3. The van der Waals surface area contributed by atoms with Crippen LogP contribution in [0, 0.1) is 5.82 Å². The van der Waals surface area contributed by atoms with Crippen molar-refractivity contribution in [3.05, 3.63) is 29.0 Å². The Kier molecular flexibility index (Phi) is 8.56. The van der Waals surface area contributed by atoms with Crippen LogP contribution in [0.15, 0.2) is 23.1 Å². The lowest BCUT2D eigenvalue weighted by molar-refractivity contribution is -0.121. The number of piperidine rings is 1. The second kappa shape index (κ2) is 9.68. The molecule has 1 fully saturated rings. The minimum absolute atomic E-state index is 0. The van der Waals surface area contributed by atoms with Crippen LogP contribution in [-0.4, -0.2) is 44.3 Å². The minimum Gasteiger partial charge on any atom is -0.354 e. The molecule has 6 nitrogen and oxygen atoms in total. The quantitative estimate of drug-likeness (QED) is 0.744. The molecule has 1 atom stereocenters. The maximum atomic E-state index is 13.5. The zero-order valence-corrected chi connectivity index (χ0v) is 16.0. The highest BCUT2D eigenvalue weighted by Gasteiger charge is 2.35. The first-order valence-corrected chi connectivity index (χ1v) is 9.61. The van der Waals surface area contributed by atoms with Gasteiger partial charge in [-0.2, -0.15) is 4.31 Å². The molecule has 3 N–H and O–H groups in total. The summed E-state index contributed by atoms with van der Waals surface area (Å²) in [6.07, 6.45) is 2.38. The van der Waals surface area contributed by atoms with E-state index in [2.05, 4.69) is 5.32 Å². The Morgan fingerprint density at radius 1 is 1.40 bits per heavy atom. The average molecular weight is 414 g/mol. The average Bonchev–Trinajstić information content (AvgIpc) is 2.55. The maximum absolute atomic E-state index is 13.5. The number of amides is 1. The molecule has 0 bridgehead atoms. The third kappa shape index (κ3) is 5.52. The van der Waals surface area contributed by atoms with Crippen LogP contribution in [0.1, 0.15) is 25.7 Å². The number of benzene rings is 1. The van der Waals surface area contributed by atoms with Crippen molar-refractivity contribution in [1.82, 2.24) is 9.62 Å². The molecule has 0 radical (unpaired) electrons. The summed E-state index contributed by atoms with van der Waals surface area (Å²) < 4.78 is 40.5. The molecule has 1 aromatic carbocycles. The van der Waals surface area contributed by atoms with Crippen molar-refractivity contribution in [2.24, 2.45) is 5.73 Å². The fourth-order valence-electron chi connectivity index (χ4n) is 2.75. The van der Waals surface area contributed by atoms with Crippen molar-refractivity contribution in [2.75, 3.05) is 19.6 Å². The smallest absolute Gasteiger partial charge is 0.244 e. The van der Waals surface area contributed by atoms with Crippen LogP contribution in [0.4, 0.5) is 4.39 Å². The van der Waals surface area contributed by atoms with Gasteiger partial charge in [0.15, 0.2) is 0 Å². The number of hydrogen-bond acceptors (Lipinski definition) is 4. The van der Waals surface area contributed by atoms with Gasteiger partial charge in [0, 0.05) is 32.1 Å². The largest absolute Gasteiger partial charge is 0.354 e. The molecule has 1 heterocycles. The number of hydrogen-bond donors (Lipinski definition) is 2. The minimum atomic E-state index is -3.94. The first-order valence-electron chi connectivity index (χ1n) is 7.80. The van der Waals surface area contributed by atoms with Crippen LogP contribution in [-0.2, 0) is 14.8 Å². The van der Waals surface area contributed by atoms with Crippen molar-refractivity contribution in [3.8, 4) is 0 Å². The number of carbonyl (C=O) groups is 1. The molecular formula is C15H22Cl2FN3O3S. The van der Waals surface area contributed by atoms with Crippen molar-refractivity contribution in [3.63, 3.8) is 0 Å². The van der Waals surface area contributed by atoms with Gasteiger partial charge in [0.2, 0.25) is 15.9 Å². The van der Waals surface area contributed by atoms with E-state index in [0.29, 0.717) is 19.4 Å². The number of nitrogens with one attached hydrogen (secondary N) is 1. The monoisotopic (exact) mass is 413 g/mol. The molecule has 1 aromatic rings. The van der Waals surface area contributed by atoms with Crippen LogP contribution in [0.2, 0.25) is 5.02 Å². The van der Waals surface area contributed by atoms with Crippen molar-refractivity contribution in [1.29, 1.82) is 0 Å². The fraction of sp³-hybridized carbons (Fsp3) is 0.533. The van der Waals surface area contributed by atoms with E-state index in [1.807, 2.05) is 0 Å². The normalized spacial score (nSPS) is 18.4. The van der Waals surface area contributed by atoms with Crippen molar-refractivity contribution < 1.29 is 17.6 Å². The molecular weight excluding hydrogens is 392 g/mol. The van der Waals surface area contributed by atoms with Gasteiger partial charge in [0.1, 0.15) is 10.7 Å². The molecule has 142 valence electrons. The van der Waals surface area contributed by atoms with Crippen LogP contribution < -0.4 is 11.1 Å². The van der Waals surface area contributed by atoms with E-state index in [9.17, 15) is 17.6 Å². The lowest BCUT2D eigenvalue weighted by Gasteiger charge is -2.35. The first-order chi connectivity index (χ1) is 11.4. The van der Waals surface area contributed by atoms with Gasteiger partial charge in [-0.25, -0.2) is 12.8 Å². The molecule has 25 heavy (non-hydrogen) atoms. The third-order valence-electron chi connectivity index (χ3n) is 3.96. The summed E-state index contributed by atoms with van der Waals surface area (Å²) in [5, 5.41) is 2.68. The Bertz CT molecular complexity index is 703. The molecule has 1 amide bonds. The van der Waals surface area contributed by atoms with Gasteiger partial charge in [0.05, 0.1) is 5.02 Å². The molecule has 1 aliphatic rings. The fourth-order valence-corrected chi connectivity index (χ4v) is 4.93. The molecule has 0 aliphatic carbocycles. The second-order valence-electron chi connectivity index (χ2n) is 5.68. The third-order valence-corrected chi connectivity index (χ3v) is 6.39. The molecule has 2 rings (SSSR count). The Morgan fingerprint density at radius 2 is 2.12 bits per heavy atom. The highest BCUT2D eigenvalue weighted by Crippen LogP contribution is 2.30. The van der Waals surface area contributed by atoms with E-state index in [-0.39, 0.29) is 53.8 Å². The zero-order chi connectivity index (χ0) is 17.7. The summed E-state index contributed by atoms with van der Waals surface area (Å²) in [5.74, 6) is -0.882. The molecule has 1 saturated heterocycles. The topological polar surface area (TPSA) is 92.5 Å². The Morgan fingerprint density at radius 3 is 2.80 bits per heavy atom. The second-order valence-corrected chi connectivity index (χ2v) is 7.95. The van der Waals surface area contributed by atoms with Crippen molar-refractivity contribution in [2.45, 2.75) is 36.6 Å². The standard InChI is InChI=1S/C15H21ClFN3O3S.ClH/c16-13-5-4-11(17)9-14(13)24(22,23)20-8-2-1-3-12(20)10-19-15(21)6-7-18;/h4-5,9,12H,1-3,6-8,10,18H2,(H,19,21);1H. The Labute approximate surface area is 158 Å². The van der Waals surface area contributed by atoms with Crippen LogP contribution >= 0.6 is 24.0 Å². The van der Waals surface area contributed by atoms with Crippen LogP contribution in [0.3, 0.4) is 0 Å². The van der Waals surface area contributed by atoms with E-state index in [1.54, 1.807) is 0 Å². The van der Waals surface area contributed by atoms with Gasteiger partial charge in [-0.3, -0.25) is 4.79 Å². The summed E-state index contributed by atoms with van der Waals surface area (Å²) in [5.41, 5.74) is 5.32. The van der Waals surface area contributed by atoms with E-state index in [1.165, 1.54) is 10.4 Å². The van der Waals surface area contributed by atoms with Gasteiger partial charge in [0.25, 0.3) is 0 Å². The SMILES string of the molecule is Cl.NCCC(=O)NCC1CCCCN1S(=O)(=O)c1cc(F)ccc1Cl. The molecule has 0 saturated carbocycles. The van der Waals surface area contributed by atoms with Gasteiger partial charge in [-0.1, -0.05) is 18.0 Å². The van der Waals surface area contributed by atoms with Gasteiger partial charge >= 0.3 is 0 Å². The van der Waals surface area contributed by atoms with E-state index in [0.717, 1.165) is 18.6 Å². The Hall–Kier alpha value is -0.930. The highest BCUT2D eigenvalue weighted by atomic mass is 35.5. The van der Waals surface area contributed by atoms with E-state index >= 15 is 0 Å². The van der Waals surface area contributed by atoms with Crippen LogP contribution in [0.5, 0.6) is 0 Å². The number of nitrogens with two attached hydrogens (primary N) is 1. The number of rotatable bonds is 6. The van der Waals surface area contributed by atoms with Gasteiger partial charge in [-0.15, -0.1) is 12.4 Å². The molecule has 1 unspecified atom stereocenters. The van der Waals surface area contributed by atoms with Crippen molar-refractivity contribution >= 4 is 39.9 Å². The predicted molar refractivity (Wildman–Crippen MR) is 96.9 cm³/mol. The molecule has 10 heteroatoms.